The van der Waals surface area contributed by atoms with Crippen LogP contribution in [0.5, 0.6) is 0 Å². The Balaban J connectivity index is 0.000000646. The lowest BCUT2D eigenvalue weighted by Gasteiger charge is -2.32. The molecule has 0 bridgehead atoms. The van der Waals surface area contributed by atoms with Gasteiger partial charge in [0.15, 0.2) is 0 Å². The molecule has 2 nitrogen and oxygen atoms in total. The fourth-order valence-electron chi connectivity index (χ4n) is 3.81. The van der Waals surface area contributed by atoms with Crippen LogP contribution in [0.15, 0.2) is 36.4 Å². The molecule has 0 aliphatic carbocycles. The predicted molar refractivity (Wildman–Crippen MR) is 116 cm³/mol. The summed E-state index contributed by atoms with van der Waals surface area (Å²) >= 11 is 0. The zero-order valence-corrected chi connectivity index (χ0v) is 18.4. The number of esters is 1. The number of hydrogen-bond acceptors (Lipinski definition) is 2. The van der Waals surface area contributed by atoms with Crippen LogP contribution in [-0.2, 0) is 14.9 Å². The molecule has 27 heavy (non-hydrogen) atoms. The molecule has 0 aliphatic heterocycles. The molecule has 2 heteroatoms. The molecule has 0 aromatic heterocycles. The second kappa shape index (κ2) is 10.3. The van der Waals surface area contributed by atoms with Crippen LogP contribution in [0.3, 0.4) is 0 Å². The molecule has 0 radical (unpaired) electrons. The van der Waals surface area contributed by atoms with Crippen LogP contribution in [0.25, 0.3) is 11.1 Å². The molecule has 0 N–H and O–H groups in total. The van der Waals surface area contributed by atoms with Crippen molar-refractivity contribution in [1.82, 2.24) is 0 Å². The third-order valence-corrected chi connectivity index (χ3v) is 5.80. The third kappa shape index (κ3) is 5.69. The summed E-state index contributed by atoms with van der Waals surface area (Å²) in [6, 6.07) is 13.8. The van der Waals surface area contributed by atoms with Crippen LogP contribution in [0.2, 0.25) is 0 Å². The van der Waals surface area contributed by atoms with Crippen molar-refractivity contribution in [3.05, 3.63) is 58.7 Å². The molecular weight excluding hydrogens is 332 g/mol. The summed E-state index contributed by atoms with van der Waals surface area (Å²) < 4.78 is 4.11. The van der Waals surface area contributed by atoms with E-state index in [2.05, 4.69) is 82.7 Å². The first-order chi connectivity index (χ1) is 12.7. The van der Waals surface area contributed by atoms with Gasteiger partial charge in [-0.05, 0) is 73.3 Å². The summed E-state index contributed by atoms with van der Waals surface area (Å²) in [5.74, 6) is -0.245. The van der Waals surface area contributed by atoms with E-state index in [-0.39, 0.29) is 5.97 Å². The molecule has 2 aromatic rings. The number of aryl methyl sites for hydroxylation is 3. The highest BCUT2D eigenvalue weighted by Gasteiger charge is 2.27. The number of hydrogen-bond donors (Lipinski definition) is 0. The standard InChI is InChI=1S/C22H30.C3H6O2/c1-7-22(8-2,9-3)20-14-17(5)21(18(6)15-20)19-12-10-16(4)11-13-19;1-3(4)5-2/h10-15H,7-9H2,1-6H3;1-2H3. The maximum Gasteiger partial charge on any atom is 0.302 e. The van der Waals surface area contributed by atoms with Crippen LogP contribution >= 0.6 is 0 Å². The summed E-state index contributed by atoms with van der Waals surface area (Å²) in [4.78, 5) is 9.59. The van der Waals surface area contributed by atoms with E-state index in [0.717, 1.165) is 0 Å². The van der Waals surface area contributed by atoms with Crippen molar-refractivity contribution in [3.63, 3.8) is 0 Å². The Labute approximate surface area is 166 Å². The van der Waals surface area contributed by atoms with Crippen LogP contribution in [0, 0.1) is 20.8 Å². The molecule has 0 amide bonds. The van der Waals surface area contributed by atoms with Gasteiger partial charge in [0.05, 0.1) is 7.11 Å². The van der Waals surface area contributed by atoms with E-state index < -0.39 is 0 Å². The van der Waals surface area contributed by atoms with E-state index in [9.17, 15) is 4.79 Å². The summed E-state index contributed by atoms with van der Waals surface area (Å²) in [6.07, 6.45) is 3.63. The zero-order chi connectivity index (χ0) is 20.6. The minimum Gasteiger partial charge on any atom is -0.469 e. The molecule has 0 heterocycles. The molecule has 0 saturated carbocycles. The SMILES string of the molecule is CCC(CC)(CC)c1cc(C)c(-c2ccc(C)cc2)c(C)c1.COC(C)=O. The van der Waals surface area contributed by atoms with Crippen molar-refractivity contribution in [2.24, 2.45) is 0 Å². The lowest BCUT2D eigenvalue weighted by atomic mass is 9.72. The van der Waals surface area contributed by atoms with Gasteiger partial charge in [0, 0.05) is 6.92 Å². The topological polar surface area (TPSA) is 26.3 Å². The van der Waals surface area contributed by atoms with Crippen molar-refractivity contribution < 1.29 is 9.53 Å². The number of rotatable bonds is 5. The van der Waals surface area contributed by atoms with Gasteiger partial charge in [0.2, 0.25) is 0 Å². The van der Waals surface area contributed by atoms with Gasteiger partial charge in [-0.3, -0.25) is 4.79 Å². The van der Waals surface area contributed by atoms with Crippen LogP contribution < -0.4 is 0 Å². The maximum atomic E-state index is 9.59. The fraction of sp³-hybridized carbons (Fsp3) is 0.480. The van der Waals surface area contributed by atoms with Gasteiger partial charge in [-0.1, -0.05) is 62.7 Å². The van der Waals surface area contributed by atoms with E-state index in [1.54, 1.807) is 0 Å². The number of ether oxygens (including phenoxy) is 1. The quantitative estimate of drug-likeness (QED) is 0.535. The summed E-state index contributed by atoms with van der Waals surface area (Å²) in [5, 5.41) is 0. The molecular formula is C25H36O2. The lowest BCUT2D eigenvalue weighted by molar-refractivity contribution is -0.137. The Morgan fingerprint density at radius 1 is 0.889 bits per heavy atom. The van der Waals surface area contributed by atoms with E-state index >= 15 is 0 Å². The Bertz CT molecular complexity index is 706. The third-order valence-electron chi connectivity index (χ3n) is 5.80. The summed E-state index contributed by atoms with van der Waals surface area (Å²) in [7, 11) is 1.35. The van der Waals surface area contributed by atoms with Crippen LogP contribution in [0.1, 0.15) is 69.2 Å². The van der Waals surface area contributed by atoms with E-state index in [1.807, 2.05) is 0 Å². The van der Waals surface area contributed by atoms with Gasteiger partial charge >= 0.3 is 5.97 Å². The number of carbonyl (C=O) groups is 1. The fourth-order valence-corrected chi connectivity index (χ4v) is 3.81. The first-order valence-corrected chi connectivity index (χ1v) is 9.97. The lowest BCUT2D eigenvalue weighted by Crippen LogP contribution is -2.23. The van der Waals surface area contributed by atoms with Gasteiger partial charge in [-0.2, -0.15) is 0 Å². The van der Waals surface area contributed by atoms with Crippen molar-refractivity contribution >= 4 is 5.97 Å². The van der Waals surface area contributed by atoms with Crippen molar-refractivity contribution in [2.45, 2.75) is 73.1 Å². The highest BCUT2D eigenvalue weighted by Crippen LogP contribution is 2.38. The normalized spacial score (nSPS) is 10.8. The molecule has 0 atom stereocenters. The van der Waals surface area contributed by atoms with Crippen molar-refractivity contribution in [3.8, 4) is 11.1 Å². The Morgan fingerprint density at radius 2 is 1.30 bits per heavy atom. The van der Waals surface area contributed by atoms with Gasteiger partial charge in [0.25, 0.3) is 0 Å². The van der Waals surface area contributed by atoms with E-state index in [1.165, 1.54) is 66.7 Å². The van der Waals surface area contributed by atoms with E-state index in [0.29, 0.717) is 5.41 Å². The molecule has 0 aliphatic rings. The second-order valence-corrected chi connectivity index (χ2v) is 7.39. The first kappa shape index (κ1) is 23.0. The summed E-state index contributed by atoms with van der Waals surface area (Å²) in [6.45, 7) is 15.0. The number of methoxy groups -OCH3 is 1. The highest BCUT2D eigenvalue weighted by atomic mass is 16.5. The van der Waals surface area contributed by atoms with Crippen molar-refractivity contribution in [1.29, 1.82) is 0 Å². The molecule has 0 saturated heterocycles. The Morgan fingerprint density at radius 3 is 1.63 bits per heavy atom. The molecule has 0 fully saturated rings. The average Bonchev–Trinajstić information content (AvgIpc) is 2.65. The number of carbonyl (C=O) groups excluding carboxylic acids is 1. The first-order valence-electron chi connectivity index (χ1n) is 9.97. The molecule has 148 valence electrons. The highest BCUT2D eigenvalue weighted by molar-refractivity contribution is 5.71. The average molecular weight is 369 g/mol. The van der Waals surface area contributed by atoms with Crippen LogP contribution in [-0.4, -0.2) is 13.1 Å². The molecule has 2 aromatic carbocycles. The molecule has 0 unspecified atom stereocenters. The van der Waals surface area contributed by atoms with Gasteiger partial charge in [0.1, 0.15) is 0 Å². The minimum atomic E-state index is -0.245. The second-order valence-electron chi connectivity index (χ2n) is 7.39. The van der Waals surface area contributed by atoms with Crippen LogP contribution in [0.4, 0.5) is 0 Å². The Hall–Kier alpha value is -2.09. The van der Waals surface area contributed by atoms with Gasteiger partial charge in [-0.25, -0.2) is 0 Å². The van der Waals surface area contributed by atoms with Crippen molar-refractivity contribution in [2.75, 3.05) is 7.11 Å². The maximum absolute atomic E-state index is 9.59. The van der Waals surface area contributed by atoms with Gasteiger partial charge < -0.3 is 4.74 Å². The summed E-state index contributed by atoms with van der Waals surface area (Å²) in [5.41, 5.74) is 8.71. The smallest absolute Gasteiger partial charge is 0.302 e. The number of benzene rings is 2. The molecule has 2 rings (SSSR count). The Kier molecular flexibility index (Phi) is 8.75. The largest absolute Gasteiger partial charge is 0.469 e. The zero-order valence-electron chi connectivity index (χ0n) is 18.4. The van der Waals surface area contributed by atoms with Gasteiger partial charge in [-0.15, -0.1) is 0 Å². The predicted octanol–water partition coefficient (Wildman–Crippen LogP) is 6.93. The minimum absolute atomic E-state index is 0.245. The monoisotopic (exact) mass is 368 g/mol. The molecule has 0 spiro atoms. The van der Waals surface area contributed by atoms with E-state index in [4.69, 9.17) is 0 Å².